The molecular weight excluding hydrogens is 466 g/mol. The van der Waals surface area contributed by atoms with Crippen LogP contribution in [0.4, 0.5) is 23.4 Å². The van der Waals surface area contributed by atoms with Gasteiger partial charge in [0.05, 0.1) is 24.3 Å². The average Bonchev–Trinajstić information content (AvgIpc) is 3.26. The summed E-state index contributed by atoms with van der Waals surface area (Å²) in [5.41, 5.74) is 0.732. The van der Waals surface area contributed by atoms with Crippen LogP contribution in [-0.2, 0) is 4.79 Å². The number of nitrogens with one attached hydrogen (secondary N) is 1. The number of carbonyl (C=O) groups is 1. The molecule has 1 saturated heterocycles. The molecule has 1 aliphatic heterocycles. The molecule has 0 spiro atoms. The van der Waals surface area contributed by atoms with Crippen LogP contribution in [0.15, 0.2) is 55.2 Å². The second kappa shape index (κ2) is 9.65. The molecule has 3 aromatic rings. The van der Waals surface area contributed by atoms with E-state index in [9.17, 15) is 27.6 Å². The van der Waals surface area contributed by atoms with Crippen LogP contribution in [0.2, 0.25) is 0 Å². The number of carbonyl (C=O) groups excluding carboxylic acids is 1. The fraction of sp³-hybridized carbons (Fsp3) is 0.375. The van der Waals surface area contributed by atoms with E-state index in [1.54, 1.807) is 23.3 Å². The fourth-order valence-electron chi connectivity index (χ4n) is 4.28. The number of halogens is 4. The van der Waals surface area contributed by atoms with Crippen LogP contribution in [0.3, 0.4) is 0 Å². The molecule has 7 nitrogen and oxygen atoms in total. The molecule has 4 rings (SSSR count). The third-order valence-corrected chi connectivity index (χ3v) is 6.48. The number of likely N-dealkylation sites (tertiary alicyclic amines) is 1. The quantitative estimate of drug-likeness (QED) is 0.323. The molecule has 0 unspecified atom stereocenters. The molecule has 3 atom stereocenters. The Morgan fingerprint density at radius 1 is 1.20 bits per heavy atom. The van der Waals surface area contributed by atoms with Gasteiger partial charge < -0.3 is 15.1 Å². The predicted octanol–water partition coefficient (Wildman–Crippen LogP) is 3.86. The van der Waals surface area contributed by atoms with Crippen LogP contribution in [0.5, 0.6) is 0 Å². The van der Waals surface area contributed by atoms with Gasteiger partial charge in [-0.2, -0.15) is 4.73 Å². The first-order valence-electron chi connectivity index (χ1n) is 11.1. The highest BCUT2D eigenvalue weighted by molar-refractivity contribution is 5.93. The third-order valence-electron chi connectivity index (χ3n) is 6.48. The number of rotatable bonds is 6. The van der Waals surface area contributed by atoms with E-state index in [1.807, 2.05) is 0 Å². The zero-order valence-corrected chi connectivity index (χ0v) is 19.2. The summed E-state index contributed by atoms with van der Waals surface area (Å²) in [7, 11) is 0. The van der Waals surface area contributed by atoms with Crippen molar-refractivity contribution in [3.05, 3.63) is 83.2 Å². The van der Waals surface area contributed by atoms with E-state index >= 15 is 0 Å². The highest BCUT2D eigenvalue weighted by Gasteiger charge is 2.46. The maximum Gasteiger partial charge on any atom is 0.257 e. The Labute approximate surface area is 199 Å². The highest BCUT2D eigenvalue weighted by atomic mass is 19.3. The first kappa shape index (κ1) is 24.6. The molecule has 3 heterocycles. The lowest BCUT2D eigenvalue weighted by atomic mass is 9.87. The summed E-state index contributed by atoms with van der Waals surface area (Å²) < 4.78 is 58.5. The Kier molecular flexibility index (Phi) is 6.79. The zero-order valence-electron chi connectivity index (χ0n) is 19.2. The molecule has 35 heavy (non-hydrogen) atoms. The molecule has 1 N–H and O–H groups in total. The number of pyridine rings is 1. The lowest BCUT2D eigenvalue weighted by Gasteiger charge is -2.40. The van der Waals surface area contributed by atoms with E-state index in [0.717, 1.165) is 6.07 Å². The second-order valence-corrected chi connectivity index (χ2v) is 8.80. The van der Waals surface area contributed by atoms with Gasteiger partial charge in [-0.25, -0.2) is 22.5 Å². The molecule has 1 aliphatic rings. The van der Waals surface area contributed by atoms with Crippen molar-refractivity contribution in [3.8, 4) is 0 Å². The summed E-state index contributed by atoms with van der Waals surface area (Å²) >= 11 is 0. The number of hydrogen-bond donors (Lipinski definition) is 1. The maximum atomic E-state index is 14.6. The van der Waals surface area contributed by atoms with Gasteiger partial charge >= 0.3 is 0 Å². The number of nitrogens with zero attached hydrogens (tertiary/aromatic N) is 4. The number of alkyl halides is 2. The molecule has 0 bridgehead atoms. The Bertz CT molecular complexity index is 1180. The van der Waals surface area contributed by atoms with Gasteiger partial charge in [0, 0.05) is 43.9 Å². The van der Waals surface area contributed by atoms with Crippen LogP contribution in [0, 0.1) is 16.8 Å². The third kappa shape index (κ3) is 5.45. The fourth-order valence-corrected chi connectivity index (χ4v) is 4.28. The summed E-state index contributed by atoms with van der Waals surface area (Å²) in [5, 5.41) is 14.0. The zero-order chi connectivity index (χ0) is 25.3. The molecule has 1 aromatic carbocycles. The van der Waals surface area contributed by atoms with Crippen LogP contribution >= 0.6 is 0 Å². The average molecular weight is 491 g/mol. The minimum atomic E-state index is -2.97. The minimum Gasteiger partial charge on any atom is -0.619 e. The highest BCUT2D eigenvalue weighted by Crippen LogP contribution is 2.40. The summed E-state index contributed by atoms with van der Waals surface area (Å²) in [6, 6.07) is 4.81. The van der Waals surface area contributed by atoms with Crippen molar-refractivity contribution in [1.29, 1.82) is 0 Å². The van der Waals surface area contributed by atoms with Gasteiger partial charge in [0.1, 0.15) is 11.6 Å². The topological polar surface area (TPSA) is 77.1 Å². The van der Waals surface area contributed by atoms with Gasteiger partial charge in [0.25, 0.3) is 5.92 Å². The number of piperidine rings is 1. The number of anilines is 1. The van der Waals surface area contributed by atoms with Crippen LogP contribution < -0.4 is 10.0 Å². The van der Waals surface area contributed by atoms with E-state index in [1.165, 1.54) is 49.2 Å². The SMILES string of the molecule is C[C@H](C(=O)Nc1cn([C@@H](C)c2cc(F)cc(F)c2)cn1)N1CCC(F)(F)[C@@H](c2cc[n+]([O-])cc2)C1. The second-order valence-electron chi connectivity index (χ2n) is 8.80. The van der Waals surface area contributed by atoms with E-state index < -0.39 is 47.9 Å². The van der Waals surface area contributed by atoms with E-state index in [2.05, 4.69) is 10.3 Å². The number of hydrogen-bond acceptors (Lipinski definition) is 4. The monoisotopic (exact) mass is 491 g/mol. The molecule has 0 aliphatic carbocycles. The molecule has 2 aromatic heterocycles. The van der Waals surface area contributed by atoms with Gasteiger partial charge in [-0.1, -0.05) is 0 Å². The predicted molar refractivity (Wildman–Crippen MR) is 120 cm³/mol. The Morgan fingerprint density at radius 3 is 2.51 bits per heavy atom. The molecule has 11 heteroatoms. The van der Waals surface area contributed by atoms with Crippen molar-refractivity contribution in [3.63, 3.8) is 0 Å². The van der Waals surface area contributed by atoms with E-state index in [4.69, 9.17) is 0 Å². The Morgan fingerprint density at radius 2 is 1.86 bits per heavy atom. The largest absolute Gasteiger partial charge is 0.619 e. The first-order chi connectivity index (χ1) is 16.5. The van der Waals surface area contributed by atoms with Crippen molar-refractivity contribution >= 4 is 11.7 Å². The van der Waals surface area contributed by atoms with E-state index in [0.29, 0.717) is 15.9 Å². The van der Waals surface area contributed by atoms with Crippen molar-refractivity contribution < 1.29 is 27.1 Å². The normalized spacial score (nSPS) is 19.8. The van der Waals surface area contributed by atoms with Crippen molar-refractivity contribution in [2.45, 2.75) is 44.2 Å². The lowest BCUT2D eigenvalue weighted by molar-refractivity contribution is -0.605. The molecule has 186 valence electrons. The number of imidazole rings is 1. The molecule has 0 radical (unpaired) electrons. The number of benzene rings is 1. The van der Waals surface area contributed by atoms with Gasteiger partial charge in [-0.15, -0.1) is 0 Å². The summed E-state index contributed by atoms with van der Waals surface area (Å²) in [6.07, 6.45) is 4.90. The Balaban J connectivity index is 1.43. The Hall–Kier alpha value is -3.47. The molecular formula is C24H25F4N5O2. The van der Waals surface area contributed by atoms with Gasteiger partial charge in [0.2, 0.25) is 5.91 Å². The smallest absolute Gasteiger partial charge is 0.257 e. The van der Waals surface area contributed by atoms with Gasteiger partial charge in [0.15, 0.2) is 18.2 Å². The van der Waals surface area contributed by atoms with E-state index in [-0.39, 0.29) is 18.9 Å². The number of amides is 1. The van der Waals surface area contributed by atoms with Gasteiger partial charge in [-0.3, -0.25) is 9.69 Å². The molecule has 1 fully saturated rings. The summed E-state index contributed by atoms with van der Waals surface area (Å²) in [6.45, 7) is 3.34. The lowest BCUT2D eigenvalue weighted by Crippen LogP contribution is -2.52. The first-order valence-corrected chi connectivity index (χ1v) is 11.1. The molecule has 1 amide bonds. The van der Waals surface area contributed by atoms with Crippen LogP contribution in [0.1, 0.15) is 43.4 Å². The summed E-state index contributed by atoms with van der Waals surface area (Å²) in [5.74, 6) is -5.70. The van der Waals surface area contributed by atoms with Crippen molar-refractivity contribution in [1.82, 2.24) is 14.5 Å². The molecule has 0 saturated carbocycles. The number of aromatic nitrogens is 3. The maximum absolute atomic E-state index is 14.6. The van der Waals surface area contributed by atoms with Crippen LogP contribution in [-0.4, -0.2) is 45.4 Å². The van der Waals surface area contributed by atoms with Gasteiger partial charge in [-0.05, 0) is 37.1 Å². The standard InChI is InChI=1S/C24H25F4N5O2/c1-15(18-9-19(25)11-20(26)10-18)32-13-22(29-14-32)30-23(34)16(2)31-8-5-24(27,28)21(12-31)17-3-6-33(35)7-4-17/h3-4,6-7,9-11,13-16,21H,5,8,12H2,1-2H3,(H,30,34)/t15-,16+,21+/m0/s1. The summed E-state index contributed by atoms with van der Waals surface area (Å²) in [4.78, 5) is 18.7. The van der Waals surface area contributed by atoms with Crippen LogP contribution in [0.25, 0.3) is 0 Å². The minimum absolute atomic E-state index is 0.0308. The van der Waals surface area contributed by atoms with Crippen molar-refractivity contribution in [2.24, 2.45) is 0 Å². The van der Waals surface area contributed by atoms with Crippen molar-refractivity contribution in [2.75, 3.05) is 18.4 Å².